The predicted molar refractivity (Wildman–Crippen MR) is 182 cm³/mol. The Morgan fingerprint density at radius 1 is 0.689 bits per heavy atom. The number of unbranched alkanes of at least 4 members (excludes halogenated alkanes) is 5. The number of hydrogen-bond donors (Lipinski definition) is 2. The summed E-state index contributed by atoms with van der Waals surface area (Å²) in [5.41, 5.74) is 4.02. The maximum Gasteiger partial charge on any atom is 0.341 e. The van der Waals surface area contributed by atoms with Gasteiger partial charge in [-0.1, -0.05) is 96.9 Å². The summed E-state index contributed by atoms with van der Waals surface area (Å²) < 4.78 is 11.6. The predicted octanol–water partition coefficient (Wildman–Crippen LogP) is 9.73. The van der Waals surface area contributed by atoms with Crippen molar-refractivity contribution in [2.24, 2.45) is 0 Å². The molecule has 0 saturated heterocycles. The molecule has 0 aliphatic heterocycles. The average molecular weight is 669 g/mol. The molecule has 0 atom stereocenters. The zero-order valence-corrected chi connectivity index (χ0v) is 27.1. The number of carboxylic acid groups (broad SMARTS) is 1. The number of halogens is 3. The van der Waals surface area contributed by atoms with Gasteiger partial charge in [-0.25, -0.2) is 4.79 Å². The maximum absolute atomic E-state index is 13.4. The fourth-order valence-corrected chi connectivity index (χ4v) is 5.41. The van der Waals surface area contributed by atoms with Gasteiger partial charge in [0.05, 0.1) is 6.61 Å². The Morgan fingerprint density at radius 3 is 1.84 bits per heavy atom. The lowest BCUT2D eigenvalue weighted by atomic mass is 9.94. The van der Waals surface area contributed by atoms with Crippen LogP contribution < -0.4 is 10.1 Å². The Kier molecular flexibility index (Phi) is 13.6. The van der Waals surface area contributed by atoms with E-state index in [9.17, 15) is 14.7 Å². The summed E-state index contributed by atoms with van der Waals surface area (Å²) in [6, 6.07) is 25.4. The van der Waals surface area contributed by atoms with Gasteiger partial charge in [-0.3, -0.25) is 4.79 Å². The van der Waals surface area contributed by atoms with Gasteiger partial charge in [0.2, 0.25) is 0 Å². The second kappa shape index (κ2) is 17.8. The number of aliphatic carboxylic acids is 1. The van der Waals surface area contributed by atoms with Crippen LogP contribution in [0.3, 0.4) is 0 Å². The molecule has 0 aliphatic rings. The molecular weight excluding hydrogens is 633 g/mol. The highest BCUT2D eigenvalue weighted by Gasteiger charge is 2.20. The van der Waals surface area contributed by atoms with E-state index < -0.39 is 12.6 Å². The number of carbonyl (C=O) groups is 2. The molecule has 0 fully saturated rings. The summed E-state index contributed by atoms with van der Waals surface area (Å²) in [7, 11) is 0. The largest absolute Gasteiger partial charge is 0.481 e. The minimum Gasteiger partial charge on any atom is -0.481 e. The van der Waals surface area contributed by atoms with Crippen molar-refractivity contribution in [2.45, 2.75) is 45.1 Å². The van der Waals surface area contributed by atoms with Gasteiger partial charge in [0, 0.05) is 44.9 Å². The lowest BCUT2D eigenvalue weighted by molar-refractivity contribution is -0.139. The van der Waals surface area contributed by atoms with Crippen LogP contribution in [-0.4, -0.2) is 36.7 Å². The molecule has 0 unspecified atom stereocenters. The number of rotatable bonds is 17. The first kappa shape index (κ1) is 34.3. The molecule has 0 aromatic heterocycles. The van der Waals surface area contributed by atoms with Crippen molar-refractivity contribution in [1.82, 2.24) is 5.32 Å². The molecule has 0 heterocycles. The molecule has 6 nitrogen and oxygen atoms in total. The summed E-state index contributed by atoms with van der Waals surface area (Å²) >= 11 is 18.5. The van der Waals surface area contributed by atoms with E-state index in [-0.39, 0.29) is 5.91 Å². The topological polar surface area (TPSA) is 84.9 Å². The van der Waals surface area contributed by atoms with Gasteiger partial charge >= 0.3 is 5.97 Å². The van der Waals surface area contributed by atoms with E-state index in [1.165, 1.54) is 0 Å². The standard InChI is InChI=1S/C36H36Cl3NO5/c37-29-15-13-25(14-16-29)23-44-18-6-4-2-1-3-5-17-40-36(43)28-21-32(26-9-7-11-30(38)19-26)35(45-24-34(41)42)33(22-28)27-10-8-12-31(39)20-27/h7-16,19-22H,1-6,17-18,23-24H2,(H,40,43)(H,41,42). The van der Waals surface area contributed by atoms with Crippen LogP contribution in [-0.2, 0) is 16.1 Å². The summed E-state index contributed by atoms with van der Waals surface area (Å²) in [6.45, 7) is 1.31. The minimum absolute atomic E-state index is 0.232. The lowest BCUT2D eigenvalue weighted by Crippen LogP contribution is -2.24. The van der Waals surface area contributed by atoms with Crippen LogP contribution in [0.25, 0.3) is 22.3 Å². The Balaban J connectivity index is 1.34. The van der Waals surface area contributed by atoms with Crippen molar-refractivity contribution >= 4 is 46.7 Å². The summed E-state index contributed by atoms with van der Waals surface area (Å²) in [5.74, 6) is -1.02. The Bertz CT molecular complexity index is 1510. The van der Waals surface area contributed by atoms with E-state index in [1.807, 2.05) is 36.4 Å². The molecule has 0 aliphatic carbocycles. The molecule has 45 heavy (non-hydrogen) atoms. The highest BCUT2D eigenvalue weighted by Crippen LogP contribution is 2.41. The quantitative estimate of drug-likeness (QED) is 0.109. The maximum atomic E-state index is 13.4. The molecule has 9 heteroatoms. The van der Waals surface area contributed by atoms with Crippen molar-refractivity contribution in [1.29, 1.82) is 0 Å². The summed E-state index contributed by atoms with van der Waals surface area (Å²) in [6.07, 6.45) is 6.18. The van der Waals surface area contributed by atoms with Crippen LogP contribution in [0.2, 0.25) is 15.1 Å². The lowest BCUT2D eigenvalue weighted by Gasteiger charge is -2.18. The number of carbonyl (C=O) groups excluding carboxylic acids is 1. The molecule has 0 bridgehead atoms. The number of nitrogens with one attached hydrogen (secondary N) is 1. The summed E-state index contributed by atoms with van der Waals surface area (Å²) in [4.78, 5) is 24.8. The van der Waals surface area contributed by atoms with Crippen LogP contribution in [0, 0.1) is 0 Å². The van der Waals surface area contributed by atoms with Gasteiger partial charge < -0.3 is 19.9 Å². The highest BCUT2D eigenvalue weighted by atomic mass is 35.5. The highest BCUT2D eigenvalue weighted by molar-refractivity contribution is 6.31. The first-order valence-corrected chi connectivity index (χ1v) is 16.1. The van der Waals surface area contributed by atoms with E-state index >= 15 is 0 Å². The van der Waals surface area contributed by atoms with Gasteiger partial charge in [0.1, 0.15) is 5.75 Å². The molecule has 0 saturated carbocycles. The second-order valence-electron chi connectivity index (χ2n) is 10.7. The number of hydrogen-bond acceptors (Lipinski definition) is 4. The number of benzene rings is 4. The van der Waals surface area contributed by atoms with Gasteiger partial charge in [-0.2, -0.15) is 0 Å². The van der Waals surface area contributed by atoms with Crippen LogP contribution in [0.4, 0.5) is 0 Å². The van der Waals surface area contributed by atoms with Gasteiger partial charge in [-0.15, -0.1) is 0 Å². The number of carboxylic acids is 1. The molecule has 4 rings (SSSR count). The molecule has 4 aromatic rings. The number of amides is 1. The average Bonchev–Trinajstić information content (AvgIpc) is 3.03. The molecule has 4 aromatic carbocycles. The molecule has 1 amide bonds. The van der Waals surface area contributed by atoms with Gasteiger partial charge in [-0.05, 0) is 78.1 Å². The molecule has 236 valence electrons. The first-order valence-electron chi connectivity index (χ1n) is 14.9. The van der Waals surface area contributed by atoms with Crippen molar-refractivity contribution in [3.8, 4) is 28.0 Å². The Hall–Kier alpha value is -3.55. The molecular formula is C36H36Cl3NO5. The molecule has 0 spiro atoms. The van der Waals surface area contributed by atoms with Crippen molar-refractivity contribution < 1.29 is 24.2 Å². The van der Waals surface area contributed by atoms with Crippen LogP contribution in [0.5, 0.6) is 5.75 Å². The minimum atomic E-state index is -1.12. The zero-order valence-electron chi connectivity index (χ0n) is 24.9. The van der Waals surface area contributed by atoms with Crippen molar-refractivity contribution in [2.75, 3.05) is 19.8 Å². The number of ether oxygens (including phenoxy) is 2. The first-order chi connectivity index (χ1) is 21.8. The fourth-order valence-electron chi connectivity index (χ4n) is 4.90. The smallest absolute Gasteiger partial charge is 0.341 e. The second-order valence-corrected chi connectivity index (χ2v) is 12.0. The van der Waals surface area contributed by atoms with Crippen molar-refractivity contribution in [3.63, 3.8) is 0 Å². The summed E-state index contributed by atoms with van der Waals surface area (Å²) in [5, 5.41) is 14.1. The van der Waals surface area contributed by atoms with Crippen molar-refractivity contribution in [3.05, 3.63) is 111 Å². The van der Waals surface area contributed by atoms with E-state index in [0.717, 1.165) is 55.7 Å². The van der Waals surface area contributed by atoms with E-state index in [0.29, 0.717) is 56.8 Å². The zero-order chi connectivity index (χ0) is 32.0. The molecule has 0 radical (unpaired) electrons. The third kappa shape index (κ3) is 11.1. The third-order valence-corrected chi connectivity index (χ3v) is 7.87. The van der Waals surface area contributed by atoms with E-state index in [4.69, 9.17) is 44.3 Å². The monoisotopic (exact) mass is 667 g/mol. The van der Waals surface area contributed by atoms with Crippen LogP contribution >= 0.6 is 34.8 Å². The van der Waals surface area contributed by atoms with Crippen LogP contribution in [0.15, 0.2) is 84.9 Å². The van der Waals surface area contributed by atoms with Gasteiger partial charge in [0.15, 0.2) is 6.61 Å². The third-order valence-electron chi connectivity index (χ3n) is 7.15. The normalized spacial score (nSPS) is 10.9. The van der Waals surface area contributed by atoms with E-state index in [1.54, 1.807) is 48.5 Å². The van der Waals surface area contributed by atoms with E-state index in [2.05, 4.69) is 5.32 Å². The fraction of sp³-hybridized carbons (Fsp3) is 0.278. The Morgan fingerprint density at radius 2 is 1.27 bits per heavy atom. The van der Waals surface area contributed by atoms with Crippen LogP contribution in [0.1, 0.15) is 54.4 Å². The Labute approximate surface area is 279 Å². The molecule has 2 N–H and O–H groups in total. The SMILES string of the molecule is O=C(O)COc1c(-c2cccc(Cl)c2)cc(C(=O)NCCCCCCCCOCc2ccc(Cl)cc2)cc1-c1cccc(Cl)c1. The van der Waals surface area contributed by atoms with Gasteiger partial charge in [0.25, 0.3) is 5.91 Å².